The Hall–Kier alpha value is -1.34. The Morgan fingerprint density at radius 3 is 2.84 bits per heavy atom. The van der Waals surface area contributed by atoms with Crippen LogP contribution in [-0.4, -0.2) is 26.2 Å². The Bertz CT molecular complexity index is 581. The molecule has 1 heterocycles. The van der Waals surface area contributed by atoms with Crippen LogP contribution in [0.3, 0.4) is 0 Å². The van der Waals surface area contributed by atoms with Crippen LogP contribution in [0.25, 0.3) is 5.69 Å². The van der Waals surface area contributed by atoms with Crippen LogP contribution in [0.15, 0.2) is 16.6 Å². The lowest BCUT2D eigenvalue weighted by molar-refractivity contribution is 0.562. The molecule has 19 heavy (non-hydrogen) atoms. The zero-order valence-electron chi connectivity index (χ0n) is 11.0. The van der Waals surface area contributed by atoms with Gasteiger partial charge in [-0.15, -0.1) is 5.10 Å². The molecular weight excluding hydrogens is 313 g/mol. The second-order valence-electron chi connectivity index (χ2n) is 4.60. The molecule has 1 aromatic carbocycles. The van der Waals surface area contributed by atoms with Crippen LogP contribution in [0.1, 0.15) is 25.2 Å². The standard InChI is InChI=1S/C12H15BrFN5/c1-7(2)15-6-12-16-17-18-19(12)11-5-9(13)10(14)4-8(11)3/h4-5,7,15H,6H2,1-3H3. The summed E-state index contributed by atoms with van der Waals surface area (Å²) in [4.78, 5) is 0. The van der Waals surface area contributed by atoms with Gasteiger partial charge >= 0.3 is 0 Å². The first kappa shape index (κ1) is 14.1. The second kappa shape index (κ2) is 5.75. The van der Waals surface area contributed by atoms with E-state index in [2.05, 4.69) is 36.8 Å². The molecule has 0 saturated heterocycles. The van der Waals surface area contributed by atoms with Crippen molar-refractivity contribution in [2.24, 2.45) is 0 Å². The Kier molecular flexibility index (Phi) is 4.26. The van der Waals surface area contributed by atoms with E-state index in [1.165, 1.54) is 6.07 Å². The molecule has 0 aliphatic rings. The van der Waals surface area contributed by atoms with Crippen LogP contribution < -0.4 is 5.32 Å². The molecule has 0 aliphatic heterocycles. The van der Waals surface area contributed by atoms with Gasteiger partial charge in [0.25, 0.3) is 0 Å². The normalized spacial score (nSPS) is 11.3. The molecule has 0 fully saturated rings. The summed E-state index contributed by atoms with van der Waals surface area (Å²) in [5.41, 5.74) is 1.54. The van der Waals surface area contributed by atoms with Crippen molar-refractivity contribution < 1.29 is 4.39 Å². The number of aryl methyl sites for hydroxylation is 1. The Balaban J connectivity index is 2.37. The molecule has 0 bridgehead atoms. The topological polar surface area (TPSA) is 55.6 Å². The summed E-state index contributed by atoms with van der Waals surface area (Å²) in [6.45, 7) is 6.48. The Morgan fingerprint density at radius 1 is 1.42 bits per heavy atom. The highest BCUT2D eigenvalue weighted by molar-refractivity contribution is 9.10. The molecule has 0 atom stereocenters. The van der Waals surface area contributed by atoms with E-state index >= 15 is 0 Å². The zero-order chi connectivity index (χ0) is 14.0. The van der Waals surface area contributed by atoms with Gasteiger partial charge < -0.3 is 5.32 Å². The fourth-order valence-electron chi connectivity index (χ4n) is 1.66. The molecule has 2 rings (SSSR count). The van der Waals surface area contributed by atoms with Crippen LogP contribution in [0.4, 0.5) is 4.39 Å². The summed E-state index contributed by atoms with van der Waals surface area (Å²) in [6.07, 6.45) is 0. The summed E-state index contributed by atoms with van der Waals surface area (Å²) < 4.78 is 15.5. The average Bonchev–Trinajstić information content (AvgIpc) is 2.79. The lowest BCUT2D eigenvalue weighted by atomic mass is 10.2. The fraction of sp³-hybridized carbons (Fsp3) is 0.417. The Morgan fingerprint density at radius 2 is 2.16 bits per heavy atom. The van der Waals surface area contributed by atoms with Gasteiger partial charge in [-0.3, -0.25) is 0 Å². The quantitative estimate of drug-likeness (QED) is 0.936. The molecule has 7 heteroatoms. The van der Waals surface area contributed by atoms with Crippen LogP contribution in [0, 0.1) is 12.7 Å². The second-order valence-corrected chi connectivity index (χ2v) is 5.45. The molecule has 0 amide bonds. The maximum absolute atomic E-state index is 13.4. The number of benzene rings is 1. The number of nitrogens with zero attached hydrogens (tertiary/aromatic N) is 4. The van der Waals surface area contributed by atoms with Crippen LogP contribution >= 0.6 is 15.9 Å². The summed E-state index contributed by atoms with van der Waals surface area (Å²) in [5, 5.41) is 14.9. The van der Waals surface area contributed by atoms with E-state index in [0.717, 1.165) is 11.3 Å². The highest BCUT2D eigenvalue weighted by Gasteiger charge is 2.13. The number of tetrazole rings is 1. The third-order valence-corrected chi connectivity index (χ3v) is 3.28. The van der Waals surface area contributed by atoms with Gasteiger partial charge in [-0.25, -0.2) is 4.39 Å². The van der Waals surface area contributed by atoms with Crippen LogP contribution in [0.2, 0.25) is 0 Å². The van der Waals surface area contributed by atoms with Crippen molar-refractivity contribution in [2.75, 3.05) is 0 Å². The molecule has 5 nitrogen and oxygen atoms in total. The molecule has 0 aliphatic carbocycles. The van der Waals surface area contributed by atoms with E-state index in [1.54, 1.807) is 10.7 Å². The molecular formula is C12H15BrFN5. The number of aromatic nitrogens is 4. The molecule has 1 N–H and O–H groups in total. The van der Waals surface area contributed by atoms with Gasteiger partial charge in [0.15, 0.2) is 5.82 Å². The van der Waals surface area contributed by atoms with E-state index < -0.39 is 0 Å². The maximum atomic E-state index is 13.4. The first-order valence-electron chi connectivity index (χ1n) is 5.95. The van der Waals surface area contributed by atoms with Gasteiger partial charge in [0.2, 0.25) is 0 Å². The van der Waals surface area contributed by atoms with E-state index in [9.17, 15) is 4.39 Å². The van der Waals surface area contributed by atoms with Crippen molar-refractivity contribution in [3.05, 3.63) is 33.8 Å². The molecule has 102 valence electrons. The molecule has 0 spiro atoms. The molecule has 0 unspecified atom stereocenters. The van der Waals surface area contributed by atoms with Gasteiger partial charge in [0.1, 0.15) is 5.82 Å². The van der Waals surface area contributed by atoms with Crippen LogP contribution in [0.5, 0.6) is 0 Å². The van der Waals surface area contributed by atoms with Gasteiger partial charge in [-0.05, 0) is 51.0 Å². The predicted molar refractivity (Wildman–Crippen MR) is 73.5 cm³/mol. The number of rotatable bonds is 4. The summed E-state index contributed by atoms with van der Waals surface area (Å²) >= 11 is 3.18. The molecule has 1 aromatic heterocycles. The van der Waals surface area contributed by atoms with Crippen molar-refractivity contribution in [3.8, 4) is 5.69 Å². The van der Waals surface area contributed by atoms with Crippen molar-refractivity contribution in [3.63, 3.8) is 0 Å². The van der Waals surface area contributed by atoms with Gasteiger partial charge in [-0.2, -0.15) is 4.68 Å². The first-order valence-corrected chi connectivity index (χ1v) is 6.75. The third kappa shape index (κ3) is 3.16. The molecule has 0 saturated carbocycles. The van der Waals surface area contributed by atoms with Crippen molar-refractivity contribution in [2.45, 2.75) is 33.4 Å². The van der Waals surface area contributed by atoms with Gasteiger partial charge in [0.05, 0.1) is 16.7 Å². The van der Waals surface area contributed by atoms with E-state index in [-0.39, 0.29) is 5.82 Å². The van der Waals surface area contributed by atoms with E-state index in [0.29, 0.717) is 22.9 Å². The monoisotopic (exact) mass is 327 g/mol. The van der Waals surface area contributed by atoms with Gasteiger partial charge in [-0.1, -0.05) is 13.8 Å². The first-order chi connectivity index (χ1) is 8.99. The van der Waals surface area contributed by atoms with Crippen molar-refractivity contribution >= 4 is 15.9 Å². The summed E-state index contributed by atoms with van der Waals surface area (Å²) in [7, 11) is 0. The third-order valence-electron chi connectivity index (χ3n) is 2.67. The summed E-state index contributed by atoms with van der Waals surface area (Å²) in [5.74, 6) is 0.395. The SMILES string of the molecule is Cc1cc(F)c(Br)cc1-n1nnnc1CNC(C)C. The lowest BCUT2D eigenvalue weighted by Gasteiger charge is -2.11. The van der Waals surface area contributed by atoms with Crippen molar-refractivity contribution in [1.29, 1.82) is 0 Å². The number of hydrogen-bond acceptors (Lipinski definition) is 4. The minimum atomic E-state index is -0.295. The Labute approximate surface area is 119 Å². The number of halogens is 2. The lowest BCUT2D eigenvalue weighted by Crippen LogP contribution is -2.24. The van der Waals surface area contributed by atoms with Crippen LogP contribution in [-0.2, 0) is 6.54 Å². The number of nitrogens with one attached hydrogen (secondary N) is 1. The minimum Gasteiger partial charge on any atom is -0.308 e. The van der Waals surface area contributed by atoms with Crippen molar-refractivity contribution in [1.82, 2.24) is 25.5 Å². The molecule has 2 aromatic rings. The zero-order valence-corrected chi connectivity index (χ0v) is 12.6. The number of hydrogen-bond donors (Lipinski definition) is 1. The fourth-order valence-corrected chi connectivity index (χ4v) is 1.99. The minimum absolute atomic E-state index is 0.295. The molecule has 0 radical (unpaired) electrons. The smallest absolute Gasteiger partial charge is 0.170 e. The average molecular weight is 328 g/mol. The maximum Gasteiger partial charge on any atom is 0.170 e. The largest absolute Gasteiger partial charge is 0.308 e. The van der Waals surface area contributed by atoms with E-state index in [4.69, 9.17) is 0 Å². The highest BCUT2D eigenvalue weighted by atomic mass is 79.9. The van der Waals surface area contributed by atoms with Gasteiger partial charge in [0, 0.05) is 6.04 Å². The highest BCUT2D eigenvalue weighted by Crippen LogP contribution is 2.23. The predicted octanol–water partition coefficient (Wildman–Crippen LogP) is 2.37. The summed E-state index contributed by atoms with van der Waals surface area (Å²) in [6, 6.07) is 3.48. The van der Waals surface area contributed by atoms with E-state index in [1.807, 2.05) is 20.8 Å².